The van der Waals surface area contributed by atoms with Crippen molar-refractivity contribution in [3.8, 4) is 0 Å². The number of carboxylic acids is 1. The van der Waals surface area contributed by atoms with Gasteiger partial charge >= 0.3 is 5.97 Å². The zero-order valence-corrected chi connectivity index (χ0v) is 9.27. The highest BCUT2D eigenvalue weighted by Crippen LogP contribution is 2.16. The third-order valence-corrected chi connectivity index (χ3v) is 2.13. The van der Waals surface area contributed by atoms with Gasteiger partial charge in [-0.2, -0.15) is 5.10 Å². The molecular formula is C10H17N3O2. The smallest absolute Gasteiger partial charge is 0.305 e. The lowest BCUT2D eigenvalue weighted by Gasteiger charge is -2.19. The van der Waals surface area contributed by atoms with Crippen LogP contribution in [0.5, 0.6) is 0 Å². The molecule has 1 unspecified atom stereocenters. The number of aryl methyl sites for hydroxylation is 1. The summed E-state index contributed by atoms with van der Waals surface area (Å²) >= 11 is 0. The average molecular weight is 211 g/mol. The molecule has 0 saturated heterocycles. The number of nitrogens with zero attached hydrogens (tertiary/aromatic N) is 2. The van der Waals surface area contributed by atoms with Crippen LogP contribution in [0.3, 0.4) is 0 Å². The lowest BCUT2D eigenvalue weighted by Crippen LogP contribution is -2.31. The summed E-state index contributed by atoms with van der Waals surface area (Å²) in [6.45, 7) is 3.98. The summed E-state index contributed by atoms with van der Waals surface area (Å²) in [6.07, 6.45) is 1.74. The van der Waals surface area contributed by atoms with Gasteiger partial charge in [-0.1, -0.05) is 13.8 Å². The predicted octanol–water partition coefficient (Wildman–Crippen LogP) is 0.934. The molecule has 0 aliphatic heterocycles. The molecule has 0 spiro atoms. The molecule has 1 rings (SSSR count). The standard InChI is InChI=1S/C10H17N3O2/c1-7(2)12-8(6-10(14)15)9-4-5-11-13(9)3/h4-5,7-8,12H,6H2,1-3H3,(H,14,15). The number of hydrogen-bond acceptors (Lipinski definition) is 3. The van der Waals surface area contributed by atoms with Gasteiger partial charge in [-0.25, -0.2) is 0 Å². The highest BCUT2D eigenvalue weighted by molar-refractivity contribution is 5.67. The molecule has 1 aromatic rings. The maximum atomic E-state index is 10.7. The van der Waals surface area contributed by atoms with Crippen LogP contribution in [-0.2, 0) is 11.8 Å². The largest absolute Gasteiger partial charge is 0.481 e. The second-order valence-electron chi connectivity index (χ2n) is 3.85. The van der Waals surface area contributed by atoms with Crippen molar-refractivity contribution in [3.05, 3.63) is 18.0 Å². The molecule has 5 heteroatoms. The van der Waals surface area contributed by atoms with Crippen LogP contribution in [0.1, 0.15) is 32.0 Å². The van der Waals surface area contributed by atoms with Crippen molar-refractivity contribution >= 4 is 5.97 Å². The Labute approximate surface area is 89.1 Å². The van der Waals surface area contributed by atoms with E-state index in [-0.39, 0.29) is 18.5 Å². The fourth-order valence-corrected chi connectivity index (χ4v) is 1.55. The van der Waals surface area contributed by atoms with Crippen molar-refractivity contribution in [3.63, 3.8) is 0 Å². The minimum atomic E-state index is -0.811. The predicted molar refractivity (Wildman–Crippen MR) is 56.5 cm³/mol. The lowest BCUT2D eigenvalue weighted by atomic mass is 10.1. The summed E-state index contributed by atoms with van der Waals surface area (Å²) in [6, 6.07) is 1.89. The van der Waals surface area contributed by atoms with Crippen molar-refractivity contribution in [2.75, 3.05) is 0 Å². The second kappa shape index (κ2) is 4.93. The Morgan fingerprint density at radius 1 is 1.67 bits per heavy atom. The molecule has 0 saturated carbocycles. The molecule has 0 fully saturated rings. The molecule has 0 radical (unpaired) electrons. The number of nitrogens with one attached hydrogen (secondary N) is 1. The van der Waals surface area contributed by atoms with E-state index < -0.39 is 5.97 Å². The zero-order chi connectivity index (χ0) is 11.4. The van der Waals surface area contributed by atoms with Gasteiger partial charge in [0.05, 0.1) is 18.2 Å². The first kappa shape index (κ1) is 11.7. The number of aliphatic carboxylic acids is 1. The van der Waals surface area contributed by atoms with Crippen LogP contribution in [0, 0.1) is 0 Å². The van der Waals surface area contributed by atoms with E-state index in [1.54, 1.807) is 10.9 Å². The Bertz CT molecular complexity index is 333. The molecule has 15 heavy (non-hydrogen) atoms. The van der Waals surface area contributed by atoms with E-state index in [9.17, 15) is 4.79 Å². The molecule has 0 bridgehead atoms. The Hall–Kier alpha value is -1.36. The van der Waals surface area contributed by atoms with E-state index in [2.05, 4.69) is 10.4 Å². The monoisotopic (exact) mass is 211 g/mol. The van der Waals surface area contributed by atoms with Crippen LogP contribution in [0.25, 0.3) is 0 Å². The minimum absolute atomic E-state index is 0.0672. The summed E-state index contributed by atoms with van der Waals surface area (Å²) in [5.74, 6) is -0.811. The van der Waals surface area contributed by atoms with E-state index in [0.717, 1.165) is 5.69 Å². The third-order valence-electron chi connectivity index (χ3n) is 2.13. The number of hydrogen-bond donors (Lipinski definition) is 2. The van der Waals surface area contributed by atoms with Crippen molar-refractivity contribution < 1.29 is 9.90 Å². The topological polar surface area (TPSA) is 67.2 Å². The number of aromatic nitrogens is 2. The minimum Gasteiger partial charge on any atom is -0.481 e. The normalized spacial score (nSPS) is 13.1. The molecule has 0 aromatic carbocycles. The molecule has 1 aromatic heterocycles. The number of carboxylic acid groups (broad SMARTS) is 1. The molecule has 0 aliphatic carbocycles. The SMILES string of the molecule is CC(C)NC(CC(=O)O)c1ccnn1C. The quantitative estimate of drug-likeness (QED) is 0.760. The fourth-order valence-electron chi connectivity index (χ4n) is 1.55. The van der Waals surface area contributed by atoms with Gasteiger partial charge in [0, 0.05) is 19.3 Å². The van der Waals surface area contributed by atoms with E-state index in [1.807, 2.05) is 27.0 Å². The lowest BCUT2D eigenvalue weighted by molar-refractivity contribution is -0.137. The molecule has 0 aliphatic rings. The highest BCUT2D eigenvalue weighted by Gasteiger charge is 2.18. The second-order valence-corrected chi connectivity index (χ2v) is 3.85. The van der Waals surface area contributed by atoms with Crippen molar-refractivity contribution in [2.24, 2.45) is 7.05 Å². The van der Waals surface area contributed by atoms with E-state index in [0.29, 0.717) is 0 Å². The Morgan fingerprint density at radius 3 is 2.73 bits per heavy atom. The molecule has 5 nitrogen and oxygen atoms in total. The van der Waals surface area contributed by atoms with Gasteiger partial charge in [0.1, 0.15) is 0 Å². The van der Waals surface area contributed by atoms with Gasteiger partial charge in [-0.3, -0.25) is 9.48 Å². The molecule has 84 valence electrons. The summed E-state index contributed by atoms with van der Waals surface area (Å²) < 4.78 is 1.70. The van der Waals surface area contributed by atoms with Crippen LogP contribution in [-0.4, -0.2) is 26.9 Å². The van der Waals surface area contributed by atoms with Crippen LogP contribution < -0.4 is 5.32 Å². The number of rotatable bonds is 5. The van der Waals surface area contributed by atoms with Gasteiger partial charge < -0.3 is 10.4 Å². The van der Waals surface area contributed by atoms with Crippen LogP contribution in [0.4, 0.5) is 0 Å². The van der Waals surface area contributed by atoms with Gasteiger partial charge in [0.25, 0.3) is 0 Å². The Kier molecular flexibility index (Phi) is 3.85. The first-order valence-corrected chi connectivity index (χ1v) is 4.96. The molecule has 2 N–H and O–H groups in total. The number of carbonyl (C=O) groups is 1. The highest BCUT2D eigenvalue weighted by atomic mass is 16.4. The Balaban J connectivity index is 2.81. The zero-order valence-electron chi connectivity index (χ0n) is 9.27. The average Bonchev–Trinajstić information content (AvgIpc) is 2.48. The van der Waals surface area contributed by atoms with Gasteiger partial charge in [-0.15, -0.1) is 0 Å². The van der Waals surface area contributed by atoms with Gasteiger partial charge in [0.2, 0.25) is 0 Å². The summed E-state index contributed by atoms with van der Waals surface area (Å²) in [5.41, 5.74) is 0.895. The maximum absolute atomic E-state index is 10.7. The van der Waals surface area contributed by atoms with Crippen molar-refractivity contribution in [1.29, 1.82) is 0 Å². The fraction of sp³-hybridized carbons (Fsp3) is 0.600. The van der Waals surface area contributed by atoms with Crippen LogP contribution >= 0.6 is 0 Å². The molecular weight excluding hydrogens is 194 g/mol. The summed E-state index contributed by atoms with van der Waals surface area (Å²) in [7, 11) is 1.81. The van der Waals surface area contributed by atoms with Crippen molar-refractivity contribution in [2.45, 2.75) is 32.4 Å². The van der Waals surface area contributed by atoms with E-state index in [1.165, 1.54) is 0 Å². The first-order valence-electron chi connectivity index (χ1n) is 4.96. The summed E-state index contributed by atoms with van der Waals surface area (Å²) in [4.78, 5) is 10.7. The molecule has 1 atom stereocenters. The Morgan fingerprint density at radius 2 is 2.33 bits per heavy atom. The maximum Gasteiger partial charge on any atom is 0.305 e. The van der Waals surface area contributed by atoms with Crippen molar-refractivity contribution in [1.82, 2.24) is 15.1 Å². The van der Waals surface area contributed by atoms with Gasteiger partial charge in [0.15, 0.2) is 0 Å². The molecule has 0 amide bonds. The van der Waals surface area contributed by atoms with E-state index >= 15 is 0 Å². The third kappa shape index (κ3) is 3.36. The van der Waals surface area contributed by atoms with Crippen LogP contribution in [0.2, 0.25) is 0 Å². The summed E-state index contributed by atoms with van der Waals surface area (Å²) in [5, 5.41) is 16.1. The van der Waals surface area contributed by atoms with Crippen LogP contribution in [0.15, 0.2) is 12.3 Å². The molecule has 1 heterocycles. The van der Waals surface area contributed by atoms with E-state index in [4.69, 9.17) is 5.11 Å². The first-order chi connectivity index (χ1) is 7.00. The van der Waals surface area contributed by atoms with Gasteiger partial charge in [-0.05, 0) is 6.07 Å².